The van der Waals surface area contributed by atoms with Crippen LogP contribution in [0.25, 0.3) is 0 Å². The number of amides is 1. The van der Waals surface area contributed by atoms with Crippen LogP contribution in [0.3, 0.4) is 0 Å². The number of carbonyl (C=O) groups is 1. The number of nitrogens with one attached hydrogen (secondary N) is 1. The fourth-order valence-corrected chi connectivity index (χ4v) is 3.47. The molecule has 1 atom stereocenters. The predicted octanol–water partition coefficient (Wildman–Crippen LogP) is 4.66. The molecule has 5 nitrogen and oxygen atoms in total. The Morgan fingerprint density at radius 1 is 1.03 bits per heavy atom. The van der Waals surface area contributed by atoms with Crippen molar-refractivity contribution in [3.63, 3.8) is 0 Å². The van der Waals surface area contributed by atoms with Crippen LogP contribution in [0.2, 0.25) is 0 Å². The minimum Gasteiger partial charge on any atom is -0.479 e. The van der Waals surface area contributed by atoms with E-state index in [1.54, 1.807) is 0 Å². The van der Waals surface area contributed by atoms with Gasteiger partial charge in [-0.1, -0.05) is 54.1 Å². The Balaban J connectivity index is 1.67. The molecule has 29 heavy (non-hydrogen) atoms. The number of rotatable bonds is 5. The van der Waals surface area contributed by atoms with E-state index < -0.39 is 0 Å². The second-order valence-corrected chi connectivity index (χ2v) is 7.03. The topological polar surface area (TPSA) is 65.4 Å². The predicted molar refractivity (Wildman–Crippen MR) is 111 cm³/mol. The number of carbonyl (C=O) groups excluding carboxylic acids is 1. The third-order valence-corrected chi connectivity index (χ3v) is 4.99. The Morgan fingerprint density at radius 2 is 1.76 bits per heavy atom. The van der Waals surface area contributed by atoms with Crippen LogP contribution in [0.4, 0.5) is 5.69 Å². The van der Waals surface area contributed by atoms with Crippen molar-refractivity contribution in [1.29, 1.82) is 5.26 Å². The van der Waals surface area contributed by atoms with E-state index in [1.807, 2.05) is 66.4 Å². The Hall–Kier alpha value is -3.78. The molecule has 0 radical (unpaired) electrons. The lowest BCUT2D eigenvalue weighted by atomic mass is 10.0. The largest absolute Gasteiger partial charge is 0.479 e. The van der Waals surface area contributed by atoms with Gasteiger partial charge in [0, 0.05) is 12.2 Å². The molecule has 1 heterocycles. The number of anilines is 1. The van der Waals surface area contributed by atoms with Gasteiger partial charge in [0.1, 0.15) is 18.0 Å². The third-order valence-electron chi connectivity index (χ3n) is 4.99. The van der Waals surface area contributed by atoms with Gasteiger partial charge in [-0.3, -0.25) is 4.79 Å². The highest BCUT2D eigenvalue weighted by Crippen LogP contribution is 2.34. The lowest BCUT2D eigenvalue weighted by Crippen LogP contribution is -2.42. The summed E-state index contributed by atoms with van der Waals surface area (Å²) in [6.45, 7) is 2.55. The number of aryl methyl sites for hydroxylation is 1. The lowest BCUT2D eigenvalue weighted by molar-refractivity contribution is 0.0666. The van der Waals surface area contributed by atoms with E-state index in [2.05, 4.69) is 29.6 Å². The average Bonchev–Trinajstić information content (AvgIpc) is 2.76. The number of fused-ring (bicyclic) bond motifs is 1. The molecule has 3 aromatic rings. The summed E-state index contributed by atoms with van der Waals surface area (Å²) in [5.74, 6) is 0.623. The zero-order chi connectivity index (χ0) is 20.2. The molecule has 0 unspecified atom stereocenters. The average molecular weight is 383 g/mol. The van der Waals surface area contributed by atoms with Crippen molar-refractivity contribution >= 4 is 11.6 Å². The first-order valence-corrected chi connectivity index (χ1v) is 9.47. The van der Waals surface area contributed by atoms with E-state index in [9.17, 15) is 4.79 Å². The summed E-state index contributed by atoms with van der Waals surface area (Å²) in [5.41, 5.74) is 4.71. The number of hydrogen-bond acceptors (Lipinski definition) is 4. The first-order chi connectivity index (χ1) is 14.2. The van der Waals surface area contributed by atoms with Gasteiger partial charge in [0.25, 0.3) is 5.91 Å². The van der Waals surface area contributed by atoms with Gasteiger partial charge >= 0.3 is 0 Å². The van der Waals surface area contributed by atoms with Crippen molar-refractivity contribution in [3.05, 3.63) is 95.1 Å². The van der Waals surface area contributed by atoms with Crippen LogP contribution in [0.1, 0.15) is 33.2 Å². The summed E-state index contributed by atoms with van der Waals surface area (Å²) in [7, 11) is 0. The number of benzene rings is 3. The van der Waals surface area contributed by atoms with Crippen LogP contribution in [0.5, 0.6) is 5.75 Å². The number of para-hydroxylation sites is 1. The normalized spacial score (nSPS) is 15.2. The molecule has 0 saturated carbocycles. The Bertz CT molecular complexity index is 1050. The highest BCUT2D eigenvalue weighted by atomic mass is 16.5. The van der Waals surface area contributed by atoms with Gasteiger partial charge < -0.3 is 15.0 Å². The van der Waals surface area contributed by atoms with E-state index in [4.69, 9.17) is 10.00 Å². The molecule has 1 aliphatic rings. The Kier molecular flexibility index (Phi) is 5.17. The van der Waals surface area contributed by atoms with Crippen LogP contribution in [-0.4, -0.2) is 17.4 Å². The third kappa shape index (κ3) is 3.92. The van der Waals surface area contributed by atoms with Crippen molar-refractivity contribution in [3.8, 4) is 11.8 Å². The molecule has 1 N–H and O–H groups in total. The highest BCUT2D eigenvalue weighted by Gasteiger charge is 2.32. The fourth-order valence-electron chi connectivity index (χ4n) is 3.47. The molecule has 1 aliphatic heterocycles. The number of nitriles is 1. The Morgan fingerprint density at radius 3 is 2.48 bits per heavy atom. The van der Waals surface area contributed by atoms with Gasteiger partial charge in [-0.15, -0.1) is 0 Å². The molecule has 1 amide bonds. The number of nitrogens with zero attached hydrogens (tertiary/aromatic N) is 2. The van der Waals surface area contributed by atoms with Crippen LogP contribution in [0, 0.1) is 18.3 Å². The molecule has 0 aliphatic carbocycles. The van der Waals surface area contributed by atoms with E-state index in [0.717, 1.165) is 16.8 Å². The quantitative estimate of drug-likeness (QED) is 0.696. The van der Waals surface area contributed by atoms with Crippen LogP contribution >= 0.6 is 0 Å². The van der Waals surface area contributed by atoms with Gasteiger partial charge in [0.2, 0.25) is 0 Å². The zero-order valence-corrected chi connectivity index (χ0v) is 16.1. The van der Waals surface area contributed by atoms with Gasteiger partial charge in [-0.05, 0) is 42.3 Å². The molecule has 4 rings (SSSR count). The molecule has 0 fully saturated rings. The molecule has 0 bridgehead atoms. The maximum Gasteiger partial charge on any atom is 0.258 e. The second-order valence-electron chi connectivity index (χ2n) is 7.03. The minimum absolute atomic E-state index is 0.00488. The molecule has 0 aromatic heterocycles. The molecular formula is C24H21N3O2. The number of ether oxygens (including phenoxy) is 1. The fraction of sp³-hybridized carbons (Fsp3) is 0.167. The summed E-state index contributed by atoms with van der Waals surface area (Å²) < 4.78 is 5.35. The van der Waals surface area contributed by atoms with E-state index >= 15 is 0 Å². The molecule has 3 aromatic carbocycles. The monoisotopic (exact) mass is 383 g/mol. The standard InChI is InChI=1S/C24H21N3O2/c1-17-6-8-18(9-7-17)16-27-23(19-10-12-20(13-11-19)29-15-14-25)26-22-5-3-2-4-21(22)24(27)28/h2-13,23,26H,15-16H2,1H3/t23-/m1/s1. The molecule has 5 heteroatoms. The molecule has 0 saturated heterocycles. The highest BCUT2D eigenvalue weighted by molar-refractivity contribution is 6.01. The van der Waals surface area contributed by atoms with E-state index in [-0.39, 0.29) is 18.7 Å². The van der Waals surface area contributed by atoms with E-state index in [0.29, 0.717) is 17.9 Å². The van der Waals surface area contributed by atoms with Gasteiger partial charge in [-0.25, -0.2) is 0 Å². The van der Waals surface area contributed by atoms with Gasteiger partial charge in [0.05, 0.1) is 5.56 Å². The van der Waals surface area contributed by atoms with Gasteiger partial charge in [0.15, 0.2) is 6.61 Å². The van der Waals surface area contributed by atoms with Crippen LogP contribution in [0.15, 0.2) is 72.8 Å². The SMILES string of the molecule is Cc1ccc(CN2C(=O)c3ccccc3N[C@H]2c2ccc(OCC#N)cc2)cc1. The van der Waals surface area contributed by atoms with Crippen molar-refractivity contribution in [2.45, 2.75) is 19.6 Å². The van der Waals surface area contributed by atoms with E-state index in [1.165, 1.54) is 5.56 Å². The first kappa shape index (κ1) is 18.6. The summed E-state index contributed by atoms with van der Waals surface area (Å²) in [6, 6.07) is 25.3. The van der Waals surface area contributed by atoms with Crippen LogP contribution < -0.4 is 10.1 Å². The van der Waals surface area contributed by atoms with Crippen molar-refractivity contribution < 1.29 is 9.53 Å². The number of hydrogen-bond donors (Lipinski definition) is 1. The summed E-state index contributed by atoms with van der Waals surface area (Å²) in [6.07, 6.45) is -0.302. The van der Waals surface area contributed by atoms with Crippen LogP contribution in [-0.2, 0) is 6.54 Å². The summed E-state index contributed by atoms with van der Waals surface area (Å²) in [4.78, 5) is 15.2. The maximum absolute atomic E-state index is 13.3. The first-order valence-electron chi connectivity index (χ1n) is 9.47. The van der Waals surface area contributed by atoms with Gasteiger partial charge in [-0.2, -0.15) is 5.26 Å². The lowest BCUT2D eigenvalue weighted by Gasteiger charge is -2.38. The summed E-state index contributed by atoms with van der Waals surface area (Å²) in [5, 5.41) is 12.2. The second kappa shape index (κ2) is 8.07. The Labute approximate surface area is 170 Å². The van der Waals surface area contributed by atoms with Crippen molar-refractivity contribution in [2.75, 3.05) is 11.9 Å². The molecular weight excluding hydrogens is 362 g/mol. The molecule has 144 valence electrons. The zero-order valence-electron chi connectivity index (χ0n) is 16.1. The van der Waals surface area contributed by atoms with Crippen molar-refractivity contribution in [2.24, 2.45) is 0 Å². The summed E-state index contributed by atoms with van der Waals surface area (Å²) >= 11 is 0. The molecule has 0 spiro atoms. The smallest absolute Gasteiger partial charge is 0.258 e. The minimum atomic E-state index is -0.302. The van der Waals surface area contributed by atoms with Crippen molar-refractivity contribution in [1.82, 2.24) is 4.90 Å². The maximum atomic E-state index is 13.3.